The lowest BCUT2D eigenvalue weighted by Gasteiger charge is -2.20. The zero-order valence-electron chi connectivity index (χ0n) is 15.2. The Morgan fingerprint density at radius 1 is 1.14 bits per heavy atom. The van der Waals surface area contributed by atoms with Crippen molar-refractivity contribution in [2.45, 2.75) is 6.54 Å². The molecule has 0 unspecified atom stereocenters. The average Bonchev–Trinajstić information content (AvgIpc) is 3.07. The maximum Gasteiger partial charge on any atom is 0.412 e. The number of hydrogen-bond acceptors (Lipinski definition) is 4. The Kier molecular flexibility index (Phi) is 4.74. The van der Waals surface area contributed by atoms with E-state index in [0.717, 1.165) is 16.5 Å². The molecule has 0 fully saturated rings. The minimum Gasteiger partial charge on any atom is -0.465 e. The predicted molar refractivity (Wildman–Crippen MR) is 107 cm³/mol. The molecule has 2 aromatic carbocycles. The molecule has 0 saturated carbocycles. The van der Waals surface area contributed by atoms with Gasteiger partial charge in [-0.1, -0.05) is 30.3 Å². The van der Waals surface area contributed by atoms with Gasteiger partial charge in [-0.15, -0.1) is 0 Å². The van der Waals surface area contributed by atoms with Crippen molar-refractivity contribution >= 4 is 23.2 Å². The second kappa shape index (κ2) is 7.51. The topological polar surface area (TPSA) is 93.1 Å². The molecule has 29 heavy (non-hydrogen) atoms. The zero-order valence-corrected chi connectivity index (χ0v) is 15.2. The van der Waals surface area contributed by atoms with Crippen LogP contribution in [0.15, 0.2) is 73.1 Å². The number of imidazole rings is 1. The highest BCUT2D eigenvalue weighted by Gasteiger charge is 2.17. The van der Waals surface area contributed by atoms with E-state index in [-0.39, 0.29) is 18.0 Å². The maximum absolute atomic E-state index is 14.6. The monoisotopic (exact) mass is 392 g/mol. The minimum absolute atomic E-state index is 0.0220. The highest BCUT2D eigenvalue weighted by atomic mass is 19.1. The van der Waals surface area contributed by atoms with Crippen LogP contribution in [0.3, 0.4) is 0 Å². The van der Waals surface area contributed by atoms with Crippen LogP contribution in [-0.4, -0.2) is 20.6 Å². The summed E-state index contributed by atoms with van der Waals surface area (Å²) in [6, 6.07) is 16.5. The number of carboxylic acid groups (broad SMARTS) is 1. The second-order valence-electron chi connectivity index (χ2n) is 6.37. The number of pyridine rings is 1. The van der Waals surface area contributed by atoms with Gasteiger partial charge in [0.05, 0.1) is 24.6 Å². The molecule has 0 bridgehead atoms. The number of fused-ring (bicyclic) bond motifs is 1. The van der Waals surface area contributed by atoms with Crippen molar-refractivity contribution in [3.8, 4) is 11.5 Å². The molecule has 0 atom stereocenters. The number of nitrogen functional groups attached to an aromatic ring is 1. The molecular formula is C21H17FN4O3. The van der Waals surface area contributed by atoms with Gasteiger partial charge >= 0.3 is 6.09 Å². The number of amides is 1. The van der Waals surface area contributed by atoms with Crippen LogP contribution in [0.5, 0.6) is 11.5 Å². The van der Waals surface area contributed by atoms with Gasteiger partial charge in [-0.25, -0.2) is 14.2 Å². The largest absolute Gasteiger partial charge is 0.465 e. The number of carbonyl (C=O) groups is 1. The van der Waals surface area contributed by atoms with Crippen LogP contribution >= 0.6 is 0 Å². The van der Waals surface area contributed by atoms with Crippen molar-refractivity contribution in [3.63, 3.8) is 0 Å². The number of hydrogen-bond donors (Lipinski definition) is 2. The highest BCUT2D eigenvalue weighted by molar-refractivity contribution is 5.86. The Balaban J connectivity index is 1.57. The van der Waals surface area contributed by atoms with Crippen LogP contribution in [0.1, 0.15) is 5.56 Å². The quantitative estimate of drug-likeness (QED) is 0.520. The number of ether oxygens (including phenoxy) is 1. The van der Waals surface area contributed by atoms with Crippen molar-refractivity contribution in [3.05, 3.63) is 84.4 Å². The van der Waals surface area contributed by atoms with Crippen LogP contribution < -0.4 is 15.4 Å². The number of nitrogens with zero attached hydrogens (tertiary/aromatic N) is 3. The van der Waals surface area contributed by atoms with Gasteiger partial charge in [-0.3, -0.25) is 4.90 Å². The summed E-state index contributed by atoms with van der Waals surface area (Å²) in [7, 11) is 0. The summed E-state index contributed by atoms with van der Waals surface area (Å²) < 4.78 is 21.9. The van der Waals surface area contributed by atoms with E-state index in [0.29, 0.717) is 17.2 Å². The lowest BCUT2D eigenvalue weighted by atomic mass is 10.2. The third kappa shape index (κ3) is 3.96. The molecule has 146 valence electrons. The van der Waals surface area contributed by atoms with Crippen LogP contribution in [0.4, 0.5) is 20.7 Å². The summed E-state index contributed by atoms with van der Waals surface area (Å²) in [6.07, 6.45) is 2.08. The lowest BCUT2D eigenvalue weighted by molar-refractivity contribution is 0.201. The molecule has 2 aromatic heterocycles. The molecule has 1 amide bonds. The molecule has 2 heterocycles. The molecule has 0 aliphatic heterocycles. The van der Waals surface area contributed by atoms with Crippen LogP contribution in [-0.2, 0) is 6.54 Å². The van der Waals surface area contributed by atoms with Crippen molar-refractivity contribution in [1.82, 2.24) is 9.38 Å². The van der Waals surface area contributed by atoms with E-state index in [2.05, 4.69) is 4.98 Å². The Morgan fingerprint density at radius 2 is 1.93 bits per heavy atom. The number of halogens is 1. The second-order valence-corrected chi connectivity index (χ2v) is 6.37. The zero-order chi connectivity index (χ0) is 20.4. The summed E-state index contributed by atoms with van der Waals surface area (Å²) in [5.41, 5.74) is 7.31. The average molecular weight is 392 g/mol. The van der Waals surface area contributed by atoms with E-state index in [9.17, 15) is 14.3 Å². The number of rotatable bonds is 5. The van der Waals surface area contributed by atoms with E-state index in [1.165, 1.54) is 12.1 Å². The first-order valence-corrected chi connectivity index (χ1v) is 8.75. The first-order chi connectivity index (χ1) is 14.0. The minimum atomic E-state index is -1.18. The van der Waals surface area contributed by atoms with Crippen molar-refractivity contribution in [1.29, 1.82) is 0 Å². The fraction of sp³-hybridized carbons (Fsp3) is 0.0476. The summed E-state index contributed by atoms with van der Waals surface area (Å²) in [5, 5.41) is 9.54. The fourth-order valence-corrected chi connectivity index (χ4v) is 2.95. The molecule has 3 N–H and O–H groups in total. The number of aromatic nitrogens is 2. The number of benzene rings is 2. The summed E-state index contributed by atoms with van der Waals surface area (Å²) in [6.45, 7) is 0.106. The van der Waals surface area contributed by atoms with Crippen molar-refractivity contribution in [2.75, 3.05) is 10.6 Å². The predicted octanol–water partition coefficient (Wildman–Crippen LogP) is 4.53. The Morgan fingerprint density at radius 3 is 2.66 bits per heavy atom. The normalized spacial score (nSPS) is 10.8. The molecular weight excluding hydrogens is 375 g/mol. The summed E-state index contributed by atoms with van der Waals surface area (Å²) in [5.74, 6) is 0.0593. The molecule has 0 spiro atoms. The third-order valence-electron chi connectivity index (χ3n) is 4.31. The summed E-state index contributed by atoms with van der Waals surface area (Å²) in [4.78, 5) is 16.9. The van der Waals surface area contributed by atoms with Crippen LogP contribution in [0, 0.1) is 5.82 Å². The van der Waals surface area contributed by atoms with E-state index < -0.39 is 11.9 Å². The van der Waals surface area contributed by atoms with Gasteiger partial charge in [-0.05, 0) is 29.8 Å². The van der Waals surface area contributed by atoms with E-state index >= 15 is 0 Å². The van der Waals surface area contributed by atoms with Gasteiger partial charge in [0.25, 0.3) is 0 Å². The fourth-order valence-electron chi connectivity index (χ4n) is 2.95. The standard InChI is InChI=1S/C21H17FN4O3/c22-17-10-15(26(21(27)28)11-14-4-2-1-3-5-14)6-8-18(17)29-16-7-9-20-24-19(23)13-25(20)12-16/h1-10,12-13H,11,23H2,(H,27,28). The van der Waals surface area contributed by atoms with Gasteiger partial charge in [0.2, 0.25) is 0 Å². The van der Waals surface area contributed by atoms with Gasteiger partial charge in [0, 0.05) is 6.07 Å². The Labute approximate surface area is 165 Å². The molecule has 4 aromatic rings. The molecule has 7 nitrogen and oxygen atoms in total. The van der Waals surface area contributed by atoms with Crippen molar-refractivity contribution in [2.24, 2.45) is 0 Å². The van der Waals surface area contributed by atoms with Gasteiger partial charge in [0.1, 0.15) is 17.2 Å². The van der Waals surface area contributed by atoms with E-state index in [1.54, 1.807) is 28.9 Å². The molecule has 0 saturated heterocycles. The molecule has 0 aliphatic rings. The first kappa shape index (κ1) is 18.3. The molecule has 0 radical (unpaired) electrons. The first-order valence-electron chi connectivity index (χ1n) is 8.75. The number of anilines is 2. The smallest absolute Gasteiger partial charge is 0.412 e. The molecule has 0 aliphatic carbocycles. The van der Waals surface area contributed by atoms with Gasteiger partial charge in [0.15, 0.2) is 11.6 Å². The molecule has 4 rings (SSSR count). The molecule has 8 heteroatoms. The maximum atomic E-state index is 14.6. The lowest BCUT2D eigenvalue weighted by Crippen LogP contribution is -2.28. The summed E-state index contributed by atoms with van der Waals surface area (Å²) >= 11 is 0. The number of nitrogens with two attached hydrogens (primary N) is 1. The Hall–Kier alpha value is -4.07. The van der Waals surface area contributed by atoms with Crippen molar-refractivity contribution < 1.29 is 19.0 Å². The SMILES string of the molecule is Nc1cn2cc(Oc3ccc(N(Cc4ccccc4)C(=O)O)cc3F)ccc2n1. The third-order valence-corrected chi connectivity index (χ3v) is 4.31. The van der Waals surface area contributed by atoms with Gasteiger partial charge < -0.3 is 20.0 Å². The van der Waals surface area contributed by atoms with Gasteiger partial charge in [-0.2, -0.15) is 0 Å². The van der Waals surface area contributed by atoms with Crippen LogP contribution in [0.25, 0.3) is 5.65 Å². The Bertz CT molecular complexity index is 1180. The van der Waals surface area contributed by atoms with Crippen LogP contribution in [0.2, 0.25) is 0 Å². The van der Waals surface area contributed by atoms with E-state index in [4.69, 9.17) is 10.5 Å². The highest BCUT2D eigenvalue weighted by Crippen LogP contribution is 2.29. The van der Waals surface area contributed by atoms with E-state index in [1.807, 2.05) is 30.3 Å².